The predicted molar refractivity (Wildman–Crippen MR) is 121 cm³/mol. The minimum Gasteiger partial charge on any atom is -0.354 e. The molecule has 6 nitrogen and oxygen atoms in total. The Labute approximate surface area is 182 Å². The highest BCUT2D eigenvalue weighted by Gasteiger charge is 2.29. The predicted octanol–water partition coefficient (Wildman–Crippen LogP) is 4.12. The fourth-order valence-electron chi connectivity index (χ4n) is 3.52. The van der Waals surface area contributed by atoms with E-state index in [9.17, 15) is 0 Å². The van der Waals surface area contributed by atoms with Crippen molar-refractivity contribution >= 4 is 28.9 Å². The second-order valence-electron chi connectivity index (χ2n) is 9.12. The van der Waals surface area contributed by atoms with Crippen LogP contribution < -0.4 is 4.90 Å². The topological polar surface area (TPSA) is 58.0 Å². The van der Waals surface area contributed by atoms with Gasteiger partial charge in [0.2, 0.25) is 0 Å². The summed E-state index contributed by atoms with van der Waals surface area (Å²) >= 11 is 3.52. The van der Waals surface area contributed by atoms with Crippen molar-refractivity contribution in [1.82, 2.24) is 25.1 Å². The van der Waals surface area contributed by atoms with Gasteiger partial charge in [-0.2, -0.15) is 0 Å². The van der Waals surface area contributed by atoms with E-state index in [-0.39, 0.29) is 5.41 Å². The van der Waals surface area contributed by atoms with Gasteiger partial charge in [-0.15, -0.1) is 10.2 Å². The lowest BCUT2D eigenvalue weighted by atomic mass is 9.95. The Morgan fingerprint density at radius 3 is 2.48 bits per heavy atom. The maximum absolute atomic E-state index is 4.96. The highest BCUT2D eigenvalue weighted by molar-refractivity contribution is 8.01. The fraction of sp³-hybridized carbons (Fsp3) is 0.714. The Hall–Kier alpha value is -1.25. The first-order valence-corrected chi connectivity index (χ1v) is 12.5. The number of aromatic nitrogens is 4. The van der Waals surface area contributed by atoms with Crippen LogP contribution in [0.25, 0.3) is 0 Å². The number of aryl methyl sites for hydroxylation is 1. The minimum atomic E-state index is -0.00931. The van der Waals surface area contributed by atoms with E-state index in [0.29, 0.717) is 5.92 Å². The third kappa shape index (κ3) is 5.67. The first kappa shape index (κ1) is 21.0. The van der Waals surface area contributed by atoms with Gasteiger partial charge < -0.3 is 4.90 Å². The molecule has 0 N–H and O–H groups in total. The molecule has 0 aromatic carbocycles. The number of piperazine rings is 1. The van der Waals surface area contributed by atoms with Gasteiger partial charge in [-0.25, -0.2) is 9.97 Å². The minimum absolute atomic E-state index is 0.00931. The Balaban J connectivity index is 1.28. The number of anilines is 1. The zero-order valence-electron chi connectivity index (χ0n) is 18.0. The van der Waals surface area contributed by atoms with Crippen LogP contribution in [0.3, 0.4) is 0 Å². The molecule has 3 heterocycles. The van der Waals surface area contributed by atoms with Gasteiger partial charge in [0.05, 0.1) is 0 Å². The van der Waals surface area contributed by atoms with Crippen LogP contribution in [0.4, 0.5) is 5.82 Å². The second-order valence-corrected chi connectivity index (χ2v) is 11.6. The molecule has 1 aliphatic carbocycles. The summed E-state index contributed by atoms with van der Waals surface area (Å²) in [5.74, 6) is 3.89. The Morgan fingerprint density at radius 2 is 1.86 bits per heavy atom. The molecule has 0 radical (unpaired) electrons. The Kier molecular flexibility index (Phi) is 6.41. The van der Waals surface area contributed by atoms with E-state index < -0.39 is 0 Å². The molecule has 8 heteroatoms. The van der Waals surface area contributed by atoms with Crippen molar-refractivity contribution in [3.63, 3.8) is 0 Å². The van der Waals surface area contributed by atoms with Gasteiger partial charge >= 0.3 is 0 Å². The van der Waals surface area contributed by atoms with Gasteiger partial charge in [-0.05, 0) is 32.7 Å². The van der Waals surface area contributed by atoms with Crippen molar-refractivity contribution in [2.75, 3.05) is 43.4 Å². The van der Waals surface area contributed by atoms with Crippen LogP contribution >= 0.6 is 23.1 Å². The third-order valence-corrected chi connectivity index (χ3v) is 7.51. The second kappa shape index (κ2) is 8.86. The monoisotopic (exact) mass is 432 g/mol. The Morgan fingerprint density at radius 1 is 1.10 bits per heavy atom. The van der Waals surface area contributed by atoms with Crippen molar-refractivity contribution in [2.45, 2.75) is 62.6 Å². The number of thioether (sulfide) groups is 1. The lowest BCUT2D eigenvalue weighted by Gasteiger charge is -2.36. The summed E-state index contributed by atoms with van der Waals surface area (Å²) in [6.45, 7) is 14.1. The molecule has 0 unspecified atom stereocenters. The van der Waals surface area contributed by atoms with Crippen LogP contribution in [-0.4, -0.2) is 63.5 Å². The first-order valence-electron chi connectivity index (χ1n) is 10.7. The van der Waals surface area contributed by atoms with E-state index >= 15 is 0 Å². The molecule has 158 valence electrons. The van der Waals surface area contributed by atoms with Crippen LogP contribution in [0.2, 0.25) is 0 Å². The molecular formula is C21H32N6S2. The van der Waals surface area contributed by atoms with E-state index in [1.54, 1.807) is 11.3 Å². The van der Waals surface area contributed by atoms with E-state index in [0.717, 1.165) is 59.5 Å². The summed E-state index contributed by atoms with van der Waals surface area (Å²) in [6.07, 6.45) is 3.75. The van der Waals surface area contributed by atoms with Crippen molar-refractivity contribution < 1.29 is 0 Å². The molecule has 1 saturated carbocycles. The standard InChI is InChI=1S/C21H32N6S2/c1-15-24-25-20(29-15)28-13-5-8-26-9-11-27(12-10-26)18-14-17(16-6-7-16)22-19(23-18)21(2,3)4/h14,16H,5-13H2,1-4H3. The van der Waals surface area contributed by atoms with Gasteiger partial charge in [0.15, 0.2) is 4.34 Å². The van der Waals surface area contributed by atoms with Gasteiger partial charge in [0.1, 0.15) is 16.6 Å². The van der Waals surface area contributed by atoms with Crippen LogP contribution in [0.1, 0.15) is 62.5 Å². The van der Waals surface area contributed by atoms with Crippen LogP contribution in [0.5, 0.6) is 0 Å². The molecule has 0 atom stereocenters. The molecule has 29 heavy (non-hydrogen) atoms. The van der Waals surface area contributed by atoms with Crippen LogP contribution in [0, 0.1) is 6.92 Å². The average molecular weight is 433 g/mol. The summed E-state index contributed by atoms with van der Waals surface area (Å²) in [5, 5.41) is 9.33. The SMILES string of the molecule is Cc1nnc(SCCCN2CCN(c3cc(C4CC4)nc(C(C)(C)C)n3)CC2)s1. The zero-order valence-corrected chi connectivity index (χ0v) is 19.7. The number of nitrogens with zero attached hydrogens (tertiary/aromatic N) is 6. The first-order chi connectivity index (χ1) is 13.9. The van der Waals surface area contributed by atoms with Gasteiger partial charge in [-0.1, -0.05) is 43.9 Å². The number of hydrogen-bond donors (Lipinski definition) is 0. The van der Waals surface area contributed by atoms with Gasteiger partial charge in [0, 0.05) is 55.0 Å². The lowest BCUT2D eigenvalue weighted by molar-refractivity contribution is 0.258. The quantitative estimate of drug-likeness (QED) is 0.482. The highest BCUT2D eigenvalue weighted by Crippen LogP contribution is 2.40. The van der Waals surface area contributed by atoms with E-state index in [1.807, 2.05) is 18.7 Å². The number of rotatable bonds is 7. The fourth-order valence-corrected chi connectivity index (χ4v) is 5.33. The molecule has 0 bridgehead atoms. The molecule has 1 saturated heterocycles. The maximum atomic E-state index is 4.96. The van der Waals surface area contributed by atoms with Crippen molar-refractivity contribution in [2.24, 2.45) is 0 Å². The molecule has 0 spiro atoms. The van der Waals surface area contributed by atoms with Crippen molar-refractivity contribution in [3.8, 4) is 0 Å². The van der Waals surface area contributed by atoms with E-state index in [4.69, 9.17) is 9.97 Å². The molecule has 2 aromatic heterocycles. The highest BCUT2D eigenvalue weighted by atomic mass is 32.2. The molecule has 2 aromatic rings. The van der Waals surface area contributed by atoms with E-state index in [1.165, 1.54) is 25.0 Å². The maximum Gasteiger partial charge on any atom is 0.174 e. The molecule has 2 aliphatic rings. The third-order valence-electron chi connectivity index (χ3n) is 5.45. The average Bonchev–Trinajstić information content (AvgIpc) is 3.47. The lowest BCUT2D eigenvalue weighted by Crippen LogP contribution is -2.47. The van der Waals surface area contributed by atoms with Crippen molar-refractivity contribution in [3.05, 3.63) is 22.6 Å². The summed E-state index contributed by atoms with van der Waals surface area (Å²) in [6, 6.07) is 2.25. The molecular weight excluding hydrogens is 400 g/mol. The molecule has 0 amide bonds. The number of hydrogen-bond acceptors (Lipinski definition) is 8. The van der Waals surface area contributed by atoms with Crippen molar-refractivity contribution in [1.29, 1.82) is 0 Å². The van der Waals surface area contributed by atoms with Crippen LogP contribution in [-0.2, 0) is 5.41 Å². The molecule has 1 aliphatic heterocycles. The largest absolute Gasteiger partial charge is 0.354 e. The summed E-state index contributed by atoms with van der Waals surface area (Å²) < 4.78 is 1.09. The molecule has 2 fully saturated rings. The smallest absolute Gasteiger partial charge is 0.174 e. The van der Waals surface area contributed by atoms with Crippen LogP contribution in [0.15, 0.2) is 10.4 Å². The van der Waals surface area contributed by atoms with E-state index in [2.05, 4.69) is 46.8 Å². The van der Waals surface area contributed by atoms with Gasteiger partial charge in [-0.3, -0.25) is 4.90 Å². The Bertz CT molecular complexity index is 819. The zero-order chi connectivity index (χ0) is 20.4. The van der Waals surface area contributed by atoms with Gasteiger partial charge in [0.25, 0.3) is 0 Å². The summed E-state index contributed by atoms with van der Waals surface area (Å²) in [4.78, 5) is 14.9. The summed E-state index contributed by atoms with van der Waals surface area (Å²) in [5.41, 5.74) is 1.25. The normalized spacial score (nSPS) is 18.4. The molecule has 4 rings (SSSR count). The summed E-state index contributed by atoms with van der Waals surface area (Å²) in [7, 11) is 0.